The zero-order valence-corrected chi connectivity index (χ0v) is 14.1. The number of benzene rings is 2. The number of rotatable bonds is 6. The fourth-order valence-corrected chi connectivity index (χ4v) is 3.15. The Balaban J connectivity index is 2.21. The van der Waals surface area contributed by atoms with Crippen molar-refractivity contribution in [3.05, 3.63) is 48.0 Å². The van der Waals surface area contributed by atoms with Crippen LogP contribution in [0, 0.1) is 6.92 Å². The quantitative estimate of drug-likeness (QED) is 0.734. The largest absolute Gasteiger partial charge is 0.507 e. The summed E-state index contributed by atoms with van der Waals surface area (Å²) in [5, 5.41) is 12.2. The van der Waals surface area contributed by atoms with Crippen molar-refractivity contribution in [1.29, 1.82) is 0 Å². The van der Waals surface area contributed by atoms with Gasteiger partial charge < -0.3 is 15.2 Å². The summed E-state index contributed by atoms with van der Waals surface area (Å²) < 4.78 is 32.5. The summed E-state index contributed by atoms with van der Waals surface area (Å²) in [5.74, 6) is -0.293. The summed E-state index contributed by atoms with van der Waals surface area (Å²) in [5.41, 5.74) is 0.959. The molecule has 128 valence electrons. The van der Waals surface area contributed by atoms with Gasteiger partial charge >= 0.3 is 0 Å². The molecule has 0 aliphatic carbocycles. The number of phenols is 1. The highest BCUT2D eigenvalue weighted by Crippen LogP contribution is 2.27. The molecule has 2 aromatic carbocycles. The molecule has 0 aromatic heterocycles. The third-order valence-electron chi connectivity index (χ3n) is 3.14. The van der Waals surface area contributed by atoms with Gasteiger partial charge in [-0.3, -0.25) is 9.52 Å². The van der Waals surface area contributed by atoms with Gasteiger partial charge in [0.2, 0.25) is 0 Å². The molecule has 0 bridgehead atoms. The second-order valence-corrected chi connectivity index (χ2v) is 6.72. The van der Waals surface area contributed by atoms with Crippen molar-refractivity contribution in [2.45, 2.75) is 11.8 Å². The Morgan fingerprint density at radius 3 is 2.67 bits per heavy atom. The van der Waals surface area contributed by atoms with E-state index < -0.39 is 10.0 Å². The maximum absolute atomic E-state index is 12.4. The van der Waals surface area contributed by atoms with Gasteiger partial charge in [0.1, 0.15) is 16.4 Å². The highest BCUT2D eigenvalue weighted by atomic mass is 32.2. The van der Waals surface area contributed by atoms with Gasteiger partial charge in [-0.25, -0.2) is 8.42 Å². The molecule has 24 heavy (non-hydrogen) atoms. The summed E-state index contributed by atoms with van der Waals surface area (Å²) in [4.78, 5) is 11.0. The SMILES string of the molecule is CNC(=O)COc1cccc(NS(=O)(=O)c2cc(C)ccc2O)c1. The standard InChI is InChI=1S/C16H18N2O5S/c1-11-6-7-14(19)15(8-11)24(21,22)18-12-4-3-5-13(9-12)23-10-16(20)17-2/h3-9,18-19H,10H2,1-2H3,(H,17,20). The number of nitrogens with one attached hydrogen (secondary N) is 2. The molecule has 0 spiro atoms. The van der Waals surface area contributed by atoms with Crippen LogP contribution in [0.3, 0.4) is 0 Å². The van der Waals surface area contributed by atoms with Crippen molar-refractivity contribution < 1.29 is 23.1 Å². The van der Waals surface area contributed by atoms with Gasteiger partial charge in [-0.2, -0.15) is 0 Å². The molecule has 0 saturated carbocycles. The lowest BCUT2D eigenvalue weighted by atomic mass is 10.2. The van der Waals surface area contributed by atoms with E-state index in [9.17, 15) is 18.3 Å². The number of carbonyl (C=O) groups excluding carboxylic acids is 1. The van der Waals surface area contributed by atoms with Gasteiger partial charge in [0.05, 0.1) is 5.69 Å². The zero-order chi connectivity index (χ0) is 17.7. The number of ether oxygens (including phenoxy) is 1. The Morgan fingerprint density at radius 1 is 1.21 bits per heavy atom. The van der Waals surface area contributed by atoms with E-state index in [1.54, 1.807) is 25.1 Å². The van der Waals surface area contributed by atoms with Crippen LogP contribution in [0.1, 0.15) is 5.56 Å². The molecular weight excluding hydrogens is 332 g/mol. The van der Waals surface area contributed by atoms with Crippen molar-refractivity contribution in [3.8, 4) is 11.5 Å². The molecule has 0 saturated heterocycles. The van der Waals surface area contributed by atoms with E-state index in [0.29, 0.717) is 11.3 Å². The number of hydrogen-bond donors (Lipinski definition) is 3. The average molecular weight is 350 g/mol. The minimum Gasteiger partial charge on any atom is -0.507 e. The highest BCUT2D eigenvalue weighted by Gasteiger charge is 2.19. The number of carbonyl (C=O) groups is 1. The highest BCUT2D eigenvalue weighted by molar-refractivity contribution is 7.92. The maximum atomic E-state index is 12.4. The van der Waals surface area contributed by atoms with Gasteiger partial charge in [-0.15, -0.1) is 0 Å². The molecule has 0 unspecified atom stereocenters. The number of likely N-dealkylation sites (N-methyl/N-ethyl adjacent to an activating group) is 1. The van der Waals surface area contributed by atoms with Crippen LogP contribution in [0.15, 0.2) is 47.4 Å². The molecule has 8 heteroatoms. The topological polar surface area (TPSA) is 105 Å². The molecule has 2 aromatic rings. The lowest BCUT2D eigenvalue weighted by Crippen LogP contribution is -2.24. The molecule has 2 rings (SSSR count). The second kappa shape index (κ2) is 7.22. The number of phenolic OH excluding ortho intramolecular Hbond substituents is 1. The molecule has 3 N–H and O–H groups in total. The minimum absolute atomic E-state index is 0.175. The smallest absolute Gasteiger partial charge is 0.265 e. The zero-order valence-electron chi connectivity index (χ0n) is 13.2. The van der Waals surface area contributed by atoms with Gasteiger partial charge in [-0.05, 0) is 36.8 Å². The number of anilines is 1. The van der Waals surface area contributed by atoms with E-state index in [1.807, 2.05) is 0 Å². The number of hydrogen-bond acceptors (Lipinski definition) is 5. The number of aromatic hydroxyl groups is 1. The number of amides is 1. The first-order valence-corrected chi connectivity index (χ1v) is 8.56. The Labute approximate surface area is 140 Å². The number of sulfonamides is 1. The first-order valence-electron chi connectivity index (χ1n) is 7.08. The third kappa shape index (κ3) is 4.39. The summed E-state index contributed by atoms with van der Waals surface area (Å²) >= 11 is 0. The second-order valence-electron chi connectivity index (χ2n) is 5.07. The van der Waals surface area contributed by atoms with E-state index in [0.717, 1.165) is 0 Å². The van der Waals surface area contributed by atoms with Gasteiger partial charge in [0.15, 0.2) is 6.61 Å². The Kier molecular flexibility index (Phi) is 5.30. The third-order valence-corrected chi connectivity index (χ3v) is 4.55. The van der Waals surface area contributed by atoms with Crippen LogP contribution in [0.4, 0.5) is 5.69 Å². The summed E-state index contributed by atoms with van der Waals surface area (Å²) in [6.45, 7) is 1.55. The van der Waals surface area contributed by atoms with Crippen molar-refractivity contribution in [3.63, 3.8) is 0 Å². The monoisotopic (exact) mass is 350 g/mol. The van der Waals surface area contributed by atoms with Gasteiger partial charge in [0.25, 0.3) is 15.9 Å². The van der Waals surface area contributed by atoms with Crippen molar-refractivity contribution in [1.82, 2.24) is 5.32 Å². The van der Waals surface area contributed by atoms with E-state index in [1.165, 1.54) is 31.3 Å². The van der Waals surface area contributed by atoms with E-state index in [2.05, 4.69) is 10.0 Å². The van der Waals surface area contributed by atoms with Crippen LogP contribution in [-0.2, 0) is 14.8 Å². The fourth-order valence-electron chi connectivity index (χ4n) is 1.92. The Morgan fingerprint density at radius 2 is 1.96 bits per heavy atom. The van der Waals surface area contributed by atoms with Gasteiger partial charge in [0, 0.05) is 13.1 Å². The lowest BCUT2D eigenvalue weighted by molar-refractivity contribution is -0.122. The van der Waals surface area contributed by atoms with Crippen LogP contribution in [0.2, 0.25) is 0 Å². The molecule has 0 atom stereocenters. The molecule has 0 fully saturated rings. The molecule has 0 heterocycles. The lowest BCUT2D eigenvalue weighted by Gasteiger charge is -2.11. The van der Waals surface area contributed by atoms with Crippen molar-refractivity contribution in [2.75, 3.05) is 18.4 Å². The van der Waals surface area contributed by atoms with Crippen LogP contribution in [-0.4, -0.2) is 33.1 Å². The van der Waals surface area contributed by atoms with Crippen molar-refractivity contribution in [2.24, 2.45) is 0 Å². The molecule has 0 radical (unpaired) electrons. The normalized spacial score (nSPS) is 10.9. The fraction of sp³-hybridized carbons (Fsp3) is 0.188. The van der Waals surface area contributed by atoms with Crippen LogP contribution < -0.4 is 14.8 Å². The van der Waals surface area contributed by atoms with E-state index >= 15 is 0 Å². The Hall–Kier alpha value is -2.74. The van der Waals surface area contributed by atoms with Crippen LogP contribution >= 0.6 is 0 Å². The number of aryl methyl sites for hydroxylation is 1. The predicted octanol–water partition coefficient (Wildman–Crippen LogP) is 1.63. The average Bonchev–Trinajstić information content (AvgIpc) is 2.54. The van der Waals surface area contributed by atoms with E-state index in [-0.39, 0.29) is 28.8 Å². The first kappa shape index (κ1) is 17.6. The van der Waals surface area contributed by atoms with Crippen LogP contribution in [0.5, 0.6) is 11.5 Å². The summed E-state index contributed by atoms with van der Waals surface area (Å²) in [7, 11) is -2.46. The molecule has 0 aliphatic heterocycles. The minimum atomic E-state index is -3.95. The molecule has 1 amide bonds. The van der Waals surface area contributed by atoms with Gasteiger partial charge in [-0.1, -0.05) is 12.1 Å². The molecule has 7 nitrogen and oxygen atoms in total. The summed E-state index contributed by atoms with van der Waals surface area (Å²) in [6, 6.07) is 10.5. The predicted molar refractivity (Wildman–Crippen MR) is 89.7 cm³/mol. The maximum Gasteiger partial charge on any atom is 0.265 e. The summed E-state index contributed by atoms with van der Waals surface area (Å²) in [6.07, 6.45) is 0. The van der Waals surface area contributed by atoms with Crippen LogP contribution in [0.25, 0.3) is 0 Å². The first-order chi connectivity index (χ1) is 11.3. The molecular formula is C16H18N2O5S. The van der Waals surface area contributed by atoms with Crippen molar-refractivity contribution >= 4 is 21.6 Å². The Bertz CT molecular complexity index is 849. The molecule has 0 aliphatic rings. The van der Waals surface area contributed by atoms with E-state index in [4.69, 9.17) is 4.74 Å².